The Balaban J connectivity index is 1.92. The minimum atomic E-state index is -0.307. The molecular formula is C30H29ClN4O4. The topological polar surface area (TPSA) is 98.7 Å². The van der Waals surface area contributed by atoms with E-state index in [0.29, 0.717) is 34.6 Å². The van der Waals surface area contributed by atoms with E-state index in [2.05, 4.69) is 18.9 Å². The Kier molecular flexibility index (Phi) is 8.52. The van der Waals surface area contributed by atoms with E-state index in [0.717, 1.165) is 22.4 Å². The summed E-state index contributed by atoms with van der Waals surface area (Å²) in [6, 6.07) is 16.4. The van der Waals surface area contributed by atoms with Crippen molar-refractivity contribution in [1.29, 1.82) is 5.26 Å². The molecule has 4 rings (SSSR count). The van der Waals surface area contributed by atoms with E-state index in [1.54, 1.807) is 31.4 Å². The summed E-state index contributed by atoms with van der Waals surface area (Å²) in [4.78, 5) is 18.5. The molecule has 200 valence electrons. The third-order valence-corrected chi connectivity index (χ3v) is 6.41. The Labute approximate surface area is 232 Å². The Morgan fingerprint density at radius 1 is 1.15 bits per heavy atom. The SMILES string of the molecule is CCOc1cc(C=Nn2c(-c3cc(C(C)C)c(OC)cc3C)nc3ccccc3c2=O)cc(Cl)c1OCC#N. The van der Waals surface area contributed by atoms with Crippen LogP contribution in [0.2, 0.25) is 5.02 Å². The molecule has 1 aromatic heterocycles. The summed E-state index contributed by atoms with van der Waals surface area (Å²) in [5.74, 6) is 2.02. The molecule has 0 saturated carbocycles. The highest BCUT2D eigenvalue weighted by Gasteiger charge is 2.19. The van der Waals surface area contributed by atoms with Crippen LogP contribution >= 0.6 is 11.6 Å². The number of methoxy groups -OCH3 is 1. The second-order valence-electron chi connectivity index (χ2n) is 9.09. The molecule has 0 bridgehead atoms. The smallest absolute Gasteiger partial charge is 0.282 e. The Bertz CT molecular complexity index is 1650. The van der Waals surface area contributed by atoms with Crippen molar-refractivity contribution >= 4 is 28.7 Å². The summed E-state index contributed by atoms with van der Waals surface area (Å²) in [6.45, 7) is 8.14. The predicted molar refractivity (Wildman–Crippen MR) is 154 cm³/mol. The molecule has 0 unspecified atom stereocenters. The fraction of sp³-hybridized carbons (Fsp3) is 0.267. The van der Waals surface area contributed by atoms with Gasteiger partial charge in [-0.15, -0.1) is 0 Å². The second-order valence-corrected chi connectivity index (χ2v) is 9.49. The average Bonchev–Trinajstić information content (AvgIpc) is 2.92. The number of nitrogens with zero attached hydrogens (tertiary/aromatic N) is 4. The summed E-state index contributed by atoms with van der Waals surface area (Å²) in [5.41, 5.74) is 3.50. The van der Waals surface area contributed by atoms with Crippen LogP contribution in [0.15, 0.2) is 58.4 Å². The van der Waals surface area contributed by atoms with Crippen molar-refractivity contribution in [3.63, 3.8) is 0 Å². The van der Waals surface area contributed by atoms with Gasteiger partial charge in [-0.3, -0.25) is 4.79 Å². The normalized spacial score (nSPS) is 11.2. The third-order valence-electron chi connectivity index (χ3n) is 6.13. The van der Waals surface area contributed by atoms with E-state index >= 15 is 0 Å². The van der Waals surface area contributed by atoms with Crippen molar-refractivity contribution in [2.75, 3.05) is 20.3 Å². The number of fused-ring (bicyclic) bond motifs is 1. The Morgan fingerprint density at radius 2 is 1.92 bits per heavy atom. The number of halogens is 1. The van der Waals surface area contributed by atoms with Crippen LogP contribution in [0.5, 0.6) is 17.2 Å². The highest BCUT2D eigenvalue weighted by atomic mass is 35.5. The lowest BCUT2D eigenvalue weighted by molar-refractivity contribution is 0.299. The van der Waals surface area contributed by atoms with Gasteiger partial charge in [0.2, 0.25) is 0 Å². The molecule has 8 nitrogen and oxygen atoms in total. The zero-order valence-electron chi connectivity index (χ0n) is 22.5. The van der Waals surface area contributed by atoms with Crippen molar-refractivity contribution in [3.8, 4) is 34.7 Å². The number of rotatable bonds is 9. The van der Waals surface area contributed by atoms with Gasteiger partial charge in [-0.2, -0.15) is 15.0 Å². The minimum Gasteiger partial charge on any atom is -0.496 e. The van der Waals surface area contributed by atoms with Gasteiger partial charge in [-0.1, -0.05) is 37.6 Å². The van der Waals surface area contributed by atoms with E-state index in [9.17, 15) is 4.79 Å². The van der Waals surface area contributed by atoms with Gasteiger partial charge in [0.25, 0.3) is 5.56 Å². The first-order chi connectivity index (χ1) is 18.8. The van der Waals surface area contributed by atoms with Crippen LogP contribution in [0.4, 0.5) is 0 Å². The summed E-state index contributed by atoms with van der Waals surface area (Å²) < 4.78 is 18.1. The standard InChI is InChI=1S/C30H29ClN4O4/c1-6-38-27-15-20(14-24(31)28(27)39-12-11-32)17-33-35-29(34-25-10-8-7-9-21(25)30(35)36)23-16-22(18(2)3)26(37-5)13-19(23)4/h7-10,13-18H,6,12H2,1-5H3. The number of nitriles is 1. The fourth-order valence-electron chi connectivity index (χ4n) is 4.27. The zero-order chi connectivity index (χ0) is 28.1. The van der Waals surface area contributed by atoms with Crippen molar-refractivity contribution < 1.29 is 14.2 Å². The van der Waals surface area contributed by atoms with E-state index in [-0.39, 0.29) is 28.9 Å². The number of aryl methyl sites for hydroxylation is 1. The van der Waals surface area contributed by atoms with E-state index in [4.69, 9.17) is 36.1 Å². The van der Waals surface area contributed by atoms with Crippen molar-refractivity contribution in [2.24, 2.45) is 5.10 Å². The second kappa shape index (κ2) is 12.0. The number of aromatic nitrogens is 2. The van der Waals surface area contributed by atoms with Gasteiger partial charge in [-0.25, -0.2) is 4.98 Å². The van der Waals surface area contributed by atoms with Gasteiger partial charge in [0.05, 0.1) is 35.9 Å². The molecule has 0 amide bonds. The van der Waals surface area contributed by atoms with E-state index in [1.165, 1.54) is 10.9 Å². The molecule has 39 heavy (non-hydrogen) atoms. The number of hydrogen-bond donors (Lipinski definition) is 0. The number of ether oxygens (including phenoxy) is 3. The first kappa shape index (κ1) is 27.7. The van der Waals surface area contributed by atoms with Crippen LogP contribution in [0, 0.1) is 18.3 Å². The Hall–Kier alpha value is -4.35. The molecule has 1 heterocycles. The lowest BCUT2D eigenvalue weighted by atomic mass is 9.96. The molecular weight excluding hydrogens is 516 g/mol. The van der Waals surface area contributed by atoms with Crippen LogP contribution in [0.25, 0.3) is 22.3 Å². The summed E-state index contributed by atoms with van der Waals surface area (Å²) >= 11 is 6.45. The summed E-state index contributed by atoms with van der Waals surface area (Å²) in [6.07, 6.45) is 1.52. The number of hydrogen-bond acceptors (Lipinski definition) is 7. The molecule has 0 N–H and O–H groups in total. The monoisotopic (exact) mass is 544 g/mol. The van der Waals surface area contributed by atoms with Crippen molar-refractivity contribution in [1.82, 2.24) is 9.66 Å². The maximum Gasteiger partial charge on any atom is 0.282 e. The molecule has 0 saturated heterocycles. The zero-order valence-corrected chi connectivity index (χ0v) is 23.2. The molecule has 0 spiro atoms. The largest absolute Gasteiger partial charge is 0.496 e. The van der Waals surface area contributed by atoms with Gasteiger partial charge in [0, 0.05) is 5.56 Å². The van der Waals surface area contributed by atoms with Gasteiger partial charge >= 0.3 is 0 Å². The highest BCUT2D eigenvalue weighted by Crippen LogP contribution is 2.37. The summed E-state index contributed by atoms with van der Waals surface area (Å²) in [7, 11) is 1.65. The lowest BCUT2D eigenvalue weighted by Gasteiger charge is -2.17. The molecule has 3 aromatic carbocycles. The van der Waals surface area contributed by atoms with Crippen LogP contribution in [-0.4, -0.2) is 36.2 Å². The molecule has 0 aliphatic rings. The predicted octanol–water partition coefficient (Wildman–Crippen LogP) is 6.34. The lowest BCUT2D eigenvalue weighted by Crippen LogP contribution is -2.20. The van der Waals surface area contributed by atoms with Crippen LogP contribution < -0.4 is 19.8 Å². The first-order valence-electron chi connectivity index (χ1n) is 12.5. The van der Waals surface area contributed by atoms with Gasteiger partial charge in [0.1, 0.15) is 11.8 Å². The van der Waals surface area contributed by atoms with Gasteiger partial charge in [-0.05, 0) is 72.9 Å². The Morgan fingerprint density at radius 3 is 2.62 bits per heavy atom. The number of para-hydroxylation sites is 1. The van der Waals surface area contributed by atoms with Crippen molar-refractivity contribution in [3.05, 3.63) is 80.6 Å². The minimum absolute atomic E-state index is 0.172. The third kappa shape index (κ3) is 5.74. The molecule has 0 aliphatic carbocycles. The maximum absolute atomic E-state index is 13.7. The van der Waals surface area contributed by atoms with Crippen LogP contribution in [0.1, 0.15) is 43.4 Å². The molecule has 0 aliphatic heterocycles. The van der Waals surface area contributed by atoms with Gasteiger partial charge in [0.15, 0.2) is 23.9 Å². The quantitative estimate of drug-likeness (QED) is 0.228. The first-order valence-corrected chi connectivity index (χ1v) is 12.9. The number of benzene rings is 3. The highest BCUT2D eigenvalue weighted by molar-refractivity contribution is 6.32. The van der Waals surface area contributed by atoms with E-state index in [1.807, 2.05) is 44.2 Å². The average molecular weight is 545 g/mol. The van der Waals surface area contributed by atoms with Crippen molar-refractivity contribution in [2.45, 2.75) is 33.6 Å². The maximum atomic E-state index is 13.7. The van der Waals surface area contributed by atoms with Crippen LogP contribution in [0.3, 0.4) is 0 Å². The molecule has 0 radical (unpaired) electrons. The summed E-state index contributed by atoms with van der Waals surface area (Å²) in [5, 5.41) is 14.2. The molecule has 0 atom stereocenters. The molecule has 9 heteroatoms. The van der Waals surface area contributed by atoms with E-state index < -0.39 is 0 Å². The fourth-order valence-corrected chi connectivity index (χ4v) is 4.54. The molecule has 4 aromatic rings. The van der Waals surface area contributed by atoms with Gasteiger partial charge < -0.3 is 14.2 Å². The molecule has 0 fully saturated rings. The van der Waals surface area contributed by atoms with Crippen LogP contribution in [-0.2, 0) is 0 Å².